The number of benzene rings is 1. The minimum atomic E-state index is 0.631. The van der Waals surface area contributed by atoms with Crippen molar-refractivity contribution in [3.05, 3.63) is 47.3 Å². The SMILES string of the molecule is Cc1cc(-c2nc(N)c3c(n2)CCC3)c2ccccc2n1. The van der Waals surface area contributed by atoms with Gasteiger partial charge in [0.2, 0.25) is 0 Å². The molecule has 0 bridgehead atoms. The summed E-state index contributed by atoms with van der Waals surface area (Å²) in [4.78, 5) is 13.9. The molecule has 0 spiro atoms. The summed E-state index contributed by atoms with van der Waals surface area (Å²) in [5.74, 6) is 1.35. The first-order valence-corrected chi connectivity index (χ1v) is 7.24. The standard InChI is InChI=1S/C17H16N4/c1-10-9-13(11-5-2-3-7-14(11)19-10)17-20-15-8-4-6-12(15)16(18)21-17/h2-3,5,7,9H,4,6,8H2,1H3,(H2,18,20,21). The second-order valence-electron chi connectivity index (χ2n) is 5.54. The number of anilines is 1. The maximum absolute atomic E-state index is 6.13. The third kappa shape index (κ3) is 1.95. The van der Waals surface area contributed by atoms with E-state index in [0.717, 1.165) is 58.5 Å². The lowest BCUT2D eigenvalue weighted by Gasteiger charge is -2.10. The van der Waals surface area contributed by atoms with Crippen molar-refractivity contribution in [1.82, 2.24) is 15.0 Å². The van der Waals surface area contributed by atoms with Crippen molar-refractivity contribution in [2.24, 2.45) is 0 Å². The Bertz CT molecular complexity index is 855. The molecule has 0 radical (unpaired) electrons. The molecule has 3 aromatic rings. The summed E-state index contributed by atoms with van der Waals surface area (Å²) in [5, 5.41) is 1.07. The molecule has 1 aliphatic rings. The molecule has 2 N–H and O–H groups in total. The first-order chi connectivity index (χ1) is 10.2. The number of nitrogens with zero attached hydrogens (tertiary/aromatic N) is 3. The lowest BCUT2D eigenvalue weighted by molar-refractivity contribution is 0.900. The Kier molecular flexibility index (Phi) is 2.64. The summed E-state index contributed by atoms with van der Waals surface area (Å²) in [6.45, 7) is 1.99. The summed E-state index contributed by atoms with van der Waals surface area (Å²) in [7, 11) is 0. The Hall–Kier alpha value is -2.49. The van der Waals surface area contributed by atoms with E-state index >= 15 is 0 Å². The van der Waals surface area contributed by atoms with Gasteiger partial charge in [-0.25, -0.2) is 9.97 Å². The van der Waals surface area contributed by atoms with Gasteiger partial charge in [0.1, 0.15) is 5.82 Å². The van der Waals surface area contributed by atoms with E-state index in [0.29, 0.717) is 5.82 Å². The van der Waals surface area contributed by atoms with Gasteiger partial charge in [-0.05, 0) is 38.3 Å². The number of nitrogen functional groups attached to an aromatic ring is 1. The molecule has 0 atom stereocenters. The van der Waals surface area contributed by atoms with Gasteiger partial charge in [-0.3, -0.25) is 4.98 Å². The fraction of sp³-hybridized carbons (Fsp3) is 0.235. The average molecular weight is 276 g/mol. The van der Waals surface area contributed by atoms with Crippen LogP contribution in [0.3, 0.4) is 0 Å². The zero-order valence-corrected chi connectivity index (χ0v) is 11.9. The zero-order chi connectivity index (χ0) is 14.4. The highest BCUT2D eigenvalue weighted by Gasteiger charge is 2.19. The van der Waals surface area contributed by atoms with Crippen LogP contribution in [0.5, 0.6) is 0 Å². The van der Waals surface area contributed by atoms with Gasteiger partial charge in [0, 0.05) is 27.9 Å². The van der Waals surface area contributed by atoms with Gasteiger partial charge in [0.25, 0.3) is 0 Å². The van der Waals surface area contributed by atoms with E-state index in [1.807, 2.05) is 31.2 Å². The second-order valence-corrected chi connectivity index (χ2v) is 5.54. The fourth-order valence-electron chi connectivity index (χ4n) is 3.07. The van der Waals surface area contributed by atoms with Crippen LogP contribution < -0.4 is 5.73 Å². The number of nitrogens with two attached hydrogens (primary N) is 1. The van der Waals surface area contributed by atoms with Crippen molar-refractivity contribution in [3.63, 3.8) is 0 Å². The first-order valence-electron chi connectivity index (χ1n) is 7.24. The largest absolute Gasteiger partial charge is 0.383 e. The normalized spacial score (nSPS) is 13.6. The van der Waals surface area contributed by atoms with Crippen molar-refractivity contribution in [2.75, 3.05) is 5.73 Å². The molecular formula is C17H16N4. The fourth-order valence-corrected chi connectivity index (χ4v) is 3.07. The Morgan fingerprint density at radius 1 is 1.05 bits per heavy atom. The molecule has 0 saturated carbocycles. The summed E-state index contributed by atoms with van der Waals surface area (Å²) in [5.41, 5.74) is 11.3. The van der Waals surface area contributed by atoms with E-state index in [4.69, 9.17) is 10.7 Å². The summed E-state index contributed by atoms with van der Waals surface area (Å²) < 4.78 is 0. The highest BCUT2D eigenvalue weighted by molar-refractivity contribution is 5.93. The first kappa shape index (κ1) is 12.3. The molecular weight excluding hydrogens is 260 g/mol. The number of hydrogen-bond donors (Lipinski definition) is 1. The number of para-hydroxylation sites is 1. The van der Waals surface area contributed by atoms with Gasteiger partial charge in [0.05, 0.1) is 5.52 Å². The number of pyridine rings is 1. The maximum atomic E-state index is 6.13. The van der Waals surface area contributed by atoms with Crippen molar-refractivity contribution in [2.45, 2.75) is 26.2 Å². The Morgan fingerprint density at radius 2 is 1.90 bits per heavy atom. The van der Waals surface area contributed by atoms with Crippen LogP contribution in [0.4, 0.5) is 5.82 Å². The molecule has 4 rings (SSSR count). The second kappa shape index (κ2) is 4.52. The Labute approximate surface area is 123 Å². The van der Waals surface area contributed by atoms with Crippen LogP contribution >= 0.6 is 0 Å². The lowest BCUT2D eigenvalue weighted by atomic mass is 10.1. The number of aromatic nitrogens is 3. The van der Waals surface area contributed by atoms with Crippen LogP contribution in [0.25, 0.3) is 22.3 Å². The molecule has 0 aliphatic heterocycles. The Morgan fingerprint density at radius 3 is 2.81 bits per heavy atom. The van der Waals surface area contributed by atoms with Crippen LogP contribution in [0, 0.1) is 6.92 Å². The minimum absolute atomic E-state index is 0.631. The molecule has 1 aromatic carbocycles. The Balaban J connectivity index is 2.01. The van der Waals surface area contributed by atoms with Gasteiger partial charge >= 0.3 is 0 Å². The molecule has 104 valence electrons. The third-order valence-corrected chi connectivity index (χ3v) is 4.05. The van der Waals surface area contributed by atoms with E-state index in [-0.39, 0.29) is 0 Å². The molecule has 4 heteroatoms. The van der Waals surface area contributed by atoms with E-state index in [1.165, 1.54) is 0 Å². The number of hydrogen-bond acceptors (Lipinski definition) is 4. The van der Waals surface area contributed by atoms with Crippen molar-refractivity contribution < 1.29 is 0 Å². The maximum Gasteiger partial charge on any atom is 0.162 e. The van der Waals surface area contributed by atoms with Crippen LogP contribution in [-0.2, 0) is 12.8 Å². The molecule has 2 heterocycles. The third-order valence-electron chi connectivity index (χ3n) is 4.05. The molecule has 21 heavy (non-hydrogen) atoms. The summed E-state index contributed by atoms with van der Waals surface area (Å²) in [6.07, 6.45) is 3.11. The monoisotopic (exact) mass is 276 g/mol. The molecule has 0 amide bonds. The number of fused-ring (bicyclic) bond motifs is 2. The highest BCUT2D eigenvalue weighted by Crippen LogP contribution is 2.30. The van der Waals surface area contributed by atoms with Crippen LogP contribution in [-0.4, -0.2) is 15.0 Å². The lowest BCUT2D eigenvalue weighted by Crippen LogP contribution is -2.03. The highest BCUT2D eigenvalue weighted by atomic mass is 15.0. The van der Waals surface area contributed by atoms with Crippen LogP contribution in [0.15, 0.2) is 30.3 Å². The van der Waals surface area contributed by atoms with E-state index in [1.54, 1.807) is 0 Å². The number of aryl methyl sites for hydroxylation is 2. The summed E-state index contributed by atoms with van der Waals surface area (Å²) in [6, 6.07) is 10.1. The molecule has 0 saturated heterocycles. The van der Waals surface area contributed by atoms with Gasteiger partial charge in [-0.2, -0.15) is 0 Å². The van der Waals surface area contributed by atoms with Crippen LogP contribution in [0.2, 0.25) is 0 Å². The average Bonchev–Trinajstić information content (AvgIpc) is 2.95. The smallest absolute Gasteiger partial charge is 0.162 e. The molecule has 0 unspecified atom stereocenters. The quantitative estimate of drug-likeness (QED) is 0.742. The van der Waals surface area contributed by atoms with Crippen molar-refractivity contribution in [1.29, 1.82) is 0 Å². The van der Waals surface area contributed by atoms with E-state index < -0.39 is 0 Å². The van der Waals surface area contributed by atoms with Crippen molar-refractivity contribution in [3.8, 4) is 11.4 Å². The zero-order valence-electron chi connectivity index (χ0n) is 11.9. The molecule has 4 nitrogen and oxygen atoms in total. The topological polar surface area (TPSA) is 64.7 Å². The van der Waals surface area contributed by atoms with Crippen LogP contribution in [0.1, 0.15) is 23.4 Å². The van der Waals surface area contributed by atoms with Gasteiger partial charge in [-0.15, -0.1) is 0 Å². The predicted octanol–water partition coefficient (Wildman–Crippen LogP) is 3.07. The summed E-state index contributed by atoms with van der Waals surface area (Å²) >= 11 is 0. The van der Waals surface area contributed by atoms with Gasteiger partial charge < -0.3 is 5.73 Å². The predicted molar refractivity (Wildman–Crippen MR) is 83.9 cm³/mol. The van der Waals surface area contributed by atoms with E-state index in [9.17, 15) is 0 Å². The molecule has 2 aromatic heterocycles. The molecule has 1 aliphatic carbocycles. The minimum Gasteiger partial charge on any atom is -0.383 e. The van der Waals surface area contributed by atoms with Gasteiger partial charge in [0.15, 0.2) is 5.82 Å². The number of rotatable bonds is 1. The molecule has 0 fully saturated rings. The van der Waals surface area contributed by atoms with Crippen molar-refractivity contribution >= 4 is 16.7 Å². The van der Waals surface area contributed by atoms with E-state index in [2.05, 4.69) is 16.0 Å². The van der Waals surface area contributed by atoms with Gasteiger partial charge in [-0.1, -0.05) is 18.2 Å².